The predicted molar refractivity (Wildman–Crippen MR) is 61.0 cm³/mol. The quantitative estimate of drug-likeness (QED) is 0.814. The number of piperidine rings is 1. The summed E-state index contributed by atoms with van der Waals surface area (Å²) in [6.45, 7) is 6.45. The van der Waals surface area contributed by atoms with Crippen LogP contribution in [-0.2, 0) is 6.54 Å². The van der Waals surface area contributed by atoms with Crippen molar-refractivity contribution in [1.29, 1.82) is 0 Å². The molecule has 2 unspecified atom stereocenters. The van der Waals surface area contributed by atoms with Crippen molar-refractivity contribution in [2.45, 2.75) is 32.4 Å². The van der Waals surface area contributed by atoms with Crippen molar-refractivity contribution in [2.75, 3.05) is 19.6 Å². The van der Waals surface area contributed by atoms with Gasteiger partial charge in [-0.3, -0.25) is 4.90 Å². The molecule has 3 rings (SSSR count). The summed E-state index contributed by atoms with van der Waals surface area (Å²) in [5.41, 5.74) is 1.07. The number of nitrogens with one attached hydrogen (secondary N) is 1. The number of nitrogens with zero attached hydrogens (tertiary/aromatic N) is 2. The average Bonchev–Trinajstić information content (AvgIpc) is 2.84. The molecule has 0 amide bonds. The van der Waals surface area contributed by atoms with E-state index in [-0.39, 0.29) is 0 Å². The first kappa shape index (κ1) is 10.3. The van der Waals surface area contributed by atoms with Crippen LogP contribution in [0.1, 0.15) is 24.3 Å². The Morgan fingerprint density at radius 1 is 1.56 bits per heavy atom. The molecule has 4 heteroatoms. The highest BCUT2D eigenvalue weighted by Crippen LogP contribution is 2.25. The first-order valence-electron chi connectivity index (χ1n) is 6.19. The molecule has 88 valence electrons. The SMILES string of the molecule is Cc1cc(CN2CC3CCCNC3C2)no1. The van der Waals surface area contributed by atoms with Crippen LogP contribution in [0.4, 0.5) is 0 Å². The molecule has 2 fully saturated rings. The molecule has 2 saturated heterocycles. The lowest BCUT2D eigenvalue weighted by Crippen LogP contribution is -2.40. The molecule has 0 saturated carbocycles. The maximum atomic E-state index is 5.10. The van der Waals surface area contributed by atoms with Gasteiger partial charge in [0.15, 0.2) is 0 Å². The maximum absolute atomic E-state index is 5.10. The van der Waals surface area contributed by atoms with Gasteiger partial charge in [0.05, 0.1) is 5.69 Å². The topological polar surface area (TPSA) is 41.3 Å². The van der Waals surface area contributed by atoms with Gasteiger partial charge in [-0.2, -0.15) is 0 Å². The summed E-state index contributed by atoms with van der Waals surface area (Å²) in [5, 5.41) is 7.68. The molecule has 16 heavy (non-hydrogen) atoms. The zero-order valence-electron chi connectivity index (χ0n) is 9.78. The third-order valence-electron chi connectivity index (χ3n) is 3.74. The number of likely N-dealkylation sites (tertiary alicyclic amines) is 1. The molecule has 0 aromatic carbocycles. The summed E-state index contributed by atoms with van der Waals surface area (Å²) >= 11 is 0. The summed E-state index contributed by atoms with van der Waals surface area (Å²) in [4.78, 5) is 2.49. The Morgan fingerprint density at radius 2 is 2.50 bits per heavy atom. The number of fused-ring (bicyclic) bond motifs is 1. The van der Waals surface area contributed by atoms with Crippen molar-refractivity contribution in [2.24, 2.45) is 5.92 Å². The molecule has 1 aromatic rings. The van der Waals surface area contributed by atoms with Crippen molar-refractivity contribution in [3.05, 3.63) is 17.5 Å². The van der Waals surface area contributed by atoms with Crippen LogP contribution in [0.2, 0.25) is 0 Å². The van der Waals surface area contributed by atoms with Crippen LogP contribution in [0, 0.1) is 12.8 Å². The Labute approximate surface area is 96.0 Å². The fourth-order valence-corrected chi connectivity index (χ4v) is 2.99. The van der Waals surface area contributed by atoms with Gasteiger partial charge < -0.3 is 9.84 Å². The molecule has 2 aliphatic heterocycles. The number of aryl methyl sites for hydroxylation is 1. The highest BCUT2D eigenvalue weighted by molar-refractivity contribution is 5.04. The first-order chi connectivity index (χ1) is 7.81. The monoisotopic (exact) mass is 221 g/mol. The average molecular weight is 221 g/mol. The normalized spacial score (nSPS) is 30.6. The zero-order chi connectivity index (χ0) is 11.0. The van der Waals surface area contributed by atoms with Crippen LogP contribution in [0.5, 0.6) is 0 Å². The van der Waals surface area contributed by atoms with E-state index in [9.17, 15) is 0 Å². The third-order valence-corrected chi connectivity index (χ3v) is 3.74. The number of aromatic nitrogens is 1. The number of hydrogen-bond acceptors (Lipinski definition) is 4. The van der Waals surface area contributed by atoms with Crippen molar-refractivity contribution in [1.82, 2.24) is 15.4 Å². The Morgan fingerprint density at radius 3 is 3.25 bits per heavy atom. The Hall–Kier alpha value is -0.870. The van der Waals surface area contributed by atoms with Gasteiger partial charge in [0.25, 0.3) is 0 Å². The molecule has 3 heterocycles. The van der Waals surface area contributed by atoms with Gasteiger partial charge in [-0.1, -0.05) is 5.16 Å². The molecule has 4 nitrogen and oxygen atoms in total. The standard InChI is InChI=1S/C12H19N3O/c1-9-5-11(14-16-9)7-15-6-10-3-2-4-13-12(10)8-15/h5,10,12-13H,2-4,6-8H2,1H3. The first-order valence-corrected chi connectivity index (χ1v) is 6.19. The van der Waals surface area contributed by atoms with Crippen LogP contribution in [0.3, 0.4) is 0 Å². The van der Waals surface area contributed by atoms with E-state index >= 15 is 0 Å². The molecule has 0 aliphatic carbocycles. The second-order valence-corrected chi connectivity index (χ2v) is 5.09. The van der Waals surface area contributed by atoms with E-state index in [1.807, 2.05) is 13.0 Å². The van der Waals surface area contributed by atoms with E-state index in [4.69, 9.17) is 4.52 Å². The minimum Gasteiger partial charge on any atom is -0.361 e. The van der Waals surface area contributed by atoms with Crippen LogP contribution in [0.15, 0.2) is 10.6 Å². The smallest absolute Gasteiger partial charge is 0.133 e. The second-order valence-electron chi connectivity index (χ2n) is 5.09. The fourth-order valence-electron chi connectivity index (χ4n) is 2.99. The summed E-state index contributed by atoms with van der Waals surface area (Å²) in [5.74, 6) is 1.76. The van der Waals surface area contributed by atoms with Crippen LogP contribution < -0.4 is 5.32 Å². The van der Waals surface area contributed by atoms with Gasteiger partial charge in [0.2, 0.25) is 0 Å². The van der Waals surface area contributed by atoms with Crippen molar-refractivity contribution in [3.8, 4) is 0 Å². The lowest BCUT2D eigenvalue weighted by molar-refractivity contribution is 0.298. The van der Waals surface area contributed by atoms with E-state index in [0.29, 0.717) is 6.04 Å². The van der Waals surface area contributed by atoms with Crippen molar-refractivity contribution >= 4 is 0 Å². The van der Waals surface area contributed by atoms with E-state index in [1.54, 1.807) is 0 Å². The predicted octanol–water partition coefficient (Wildman–Crippen LogP) is 1.17. The van der Waals surface area contributed by atoms with E-state index in [2.05, 4.69) is 15.4 Å². The minimum atomic E-state index is 0.710. The number of rotatable bonds is 2. The molecule has 0 bridgehead atoms. The molecular formula is C12H19N3O. The molecule has 2 atom stereocenters. The summed E-state index contributed by atoms with van der Waals surface area (Å²) in [6, 6.07) is 2.75. The van der Waals surface area contributed by atoms with E-state index in [1.165, 1.54) is 25.9 Å². The zero-order valence-corrected chi connectivity index (χ0v) is 9.78. The second kappa shape index (κ2) is 4.18. The van der Waals surface area contributed by atoms with E-state index in [0.717, 1.165) is 30.5 Å². The van der Waals surface area contributed by atoms with Gasteiger partial charge in [-0.05, 0) is 32.2 Å². The highest BCUT2D eigenvalue weighted by atomic mass is 16.5. The van der Waals surface area contributed by atoms with Crippen LogP contribution >= 0.6 is 0 Å². The molecule has 0 radical (unpaired) electrons. The van der Waals surface area contributed by atoms with Gasteiger partial charge in [-0.25, -0.2) is 0 Å². The number of hydrogen-bond donors (Lipinski definition) is 1. The molecule has 1 N–H and O–H groups in total. The Balaban J connectivity index is 1.61. The maximum Gasteiger partial charge on any atom is 0.133 e. The van der Waals surface area contributed by atoms with E-state index < -0.39 is 0 Å². The Kier molecular flexibility index (Phi) is 2.69. The third kappa shape index (κ3) is 1.99. The van der Waals surface area contributed by atoms with Crippen molar-refractivity contribution < 1.29 is 4.52 Å². The van der Waals surface area contributed by atoms with Gasteiger partial charge in [0.1, 0.15) is 5.76 Å². The fraction of sp³-hybridized carbons (Fsp3) is 0.750. The highest BCUT2D eigenvalue weighted by Gasteiger charge is 2.34. The van der Waals surface area contributed by atoms with Crippen LogP contribution in [0.25, 0.3) is 0 Å². The molecule has 2 aliphatic rings. The van der Waals surface area contributed by atoms with Crippen LogP contribution in [-0.4, -0.2) is 35.7 Å². The lowest BCUT2D eigenvalue weighted by Gasteiger charge is -2.24. The van der Waals surface area contributed by atoms with Gasteiger partial charge in [-0.15, -0.1) is 0 Å². The lowest BCUT2D eigenvalue weighted by atomic mass is 9.94. The summed E-state index contributed by atoms with van der Waals surface area (Å²) in [6.07, 6.45) is 2.71. The minimum absolute atomic E-state index is 0.710. The summed E-state index contributed by atoms with van der Waals surface area (Å²) in [7, 11) is 0. The van der Waals surface area contributed by atoms with Gasteiger partial charge in [0, 0.05) is 31.7 Å². The molecule has 0 spiro atoms. The Bertz CT molecular complexity index is 349. The summed E-state index contributed by atoms with van der Waals surface area (Å²) < 4.78 is 5.10. The molecular weight excluding hydrogens is 202 g/mol. The largest absolute Gasteiger partial charge is 0.361 e. The van der Waals surface area contributed by atoms with Gasteiger partial charge >= 0.3 is 0 Å². The molecule has 1 aromatic heterocycles. The van der Waals surface area contributed by atoms with Crippen molar-refractivity contribution in [3.63, 3.8) is 0 Å².